The highest BCUT2D eigenvalue weighted by Crippen LogP contribution is 2.27. The van der Waals surface area contributed by atoms with E-state index in [0.717, 1.165) is 4.57 Å². The third kappa shape index (κ3) is 5.68. The maximum absolute atomic E-state index is 14.9. The zero-order valence-electron chi connectivity index (χ0n) is 18.1. The van der Waals surface area contributed by atoms with Crippen molar-refractivity contribution in [2.24, 2.45) is 0 Å². The van der Waals surface area contributed by atoms with Crippen molar-refractivity contribution < 1.29 is 36.9 Å². The number of aliphatic hydroxyl groups excluding tert-OH is 1. The van der Waals surface area contributed by atoms with Gasteiger partial charge in [-0.05, 0) is 13.0 Å². The summed E-state index contributed by atoms with van der Waals surface area (Å²) in [6, 6.07) is 1.83. The average molecular weight is 521 g/mol. The molecule has 0 aliphatic heterocycles. The number of ether oxygens (including phenoxy) is 2. The molecule has 0 radical (unpaired) electrons. The number of amides is 1. The molecule has 0 aliphatic rings. The number of anilines is 1. The summed E-state index contributed by atoms with van der Waals surface area (Å²) in [5.41, 5.74) is -1.66. The number of carbonyl (C=O) groups is 1. The summed E-state index contributed by atoms with van der Waals surface area (Å²) in [7, 11) is 1.35. The van der Waals surface area contributed by atoms with Gasteiger partial charge < -0.3 is 19.9 Å². The number of hydrogen-bond acceptors (Lipinski definition) is 8. The number of carbonyl (C=O) groups excluding carboxylic acids is 1. The van der Waals surface area contributed by atoms with Crippen LogP contribution in [0.4, 0.5) is 23.4 Å². The molecule has 35 heavy (non-hydrogen) atoms. The molecule has 2 N–H and O–H groups in total. The van der Waals surface area contributed by atoms with Crippen LogP contribution >= 0.6 is 11.6 Å². The molecule has 0 atom stereocenters. The van der Waals surface area contributed by atoms with Gasteiger partial charge in [-0.1, -0.05) is 11.6 Å². The molecular formula is C19H17ClF4N6O5. The fourth-order valence-corrected chi connectivity index (χ4v) is 3.05. The number of alkyl halides is 3. The van der Waals surface area contributed by atoms with E-state index >= 15 is 0 Å². The first-order chi connectivity index (χ1) is 16.5. The van der Waals surface area contributed by atoms with Crippen molar-refractivity contribution in [3.05, 3.63) is 51.0 Å². The predicted molar refractivity (Wildman–Crippen MR) is 112 cm³/mol. The van der Waals surface area contributed by atoms with E-state index in [1.807, 2.05) is 0 Å². The second-order valence-electron chi connectivity index (χ2n) is 6.72. The second-order valence-corrected chi connectivity index (χ2v) is 7.13. The summed E-state index contributed by atoms with van der Waals surface area (Å²) in [5, 5.41) is 15.3. The van der Waals surface area contributed by atoms with Crippen LogP contribution in [0.1, 0.15) is 23.1 Å². The fraction of sp³-hybridized carbons (Fsp3) is 0.316. The molecule has 0 saturated heterocycles. The first-order valence-corrected chi connectivity index (χ1v) is 10.1. The Hall–Kier alpha value is -3.72. The maximum Gasteiger partial charge on any atom is 0.422 e. The topological polar surface area (TPSA) is 133 Å². The third-order valence-corrected chi connectivity index (χ3v) is 4.71. The van der Waals surface area contributed by atoms with Crippen LogP contribution in [0.15, 0.2) is 23.1 Å². The molecule has 3 aromatic heterocycles. The number of hydrogen-bond donors (Lipinski definition) is 2. The van der Waals surface area contributed by atoms with Gasteiger partial charge in [-0.3, -0.25) is 9.36 Å². The molecule has 0 fully saturated rings. The Balaban J connectivity index is 2.08. The van der Waals surface area contributed by atoms with E-state index in [1.165, 1.54) is 19.4 Å². The largest absolute Gasteiger partial charge is 0.495 e. The molecule has 3 heterocycles. The molecule has 3 rings (SSSR count). The van der Waals surface area contributed by atoms with E-state index in [-0.39, 0.29) is 29.0 Å². The van der Waals surface area contributed by atoms with Crippen molar-refractivity contribution in [3.8, 4) is 17.4 Å². The van der Waals surface area contributed by atoms with Crippen LogP contribution in [0.3, 0.4) is 0 Å². The summed E-state index contributed by atoms with van der Waals surface area (Å²) < 4.78 is 64.3. The number of rotatable bonds is 8. The van der Waals surface area contributed by atoms with Gasteiger partial charge in [0.1, 0.15) is 17.9 Å². The van der Waals surface area contributed by atoms with Gasteiger partial charge in [0.25, 0.3) is 5.91 Å². The third-order valence-electron chi connectivity index (χ3n) is 4.42. The highest BCUT2D eigenvalue weighted by Gasteiger charge is 2.31. The molecule has 16 heteroatoms. The molecule has 0 bridgehead atoms. The summed E-state index contributed by atoms with van der Waals surface area (Å²) in [6.45, 7) is -0.928. The van der Waals surface area contributed by atoms with Gasteiger partial charge in [-0.15, -0.1) is 5.10 Å². The summed E-state index contributed by atoms with van der Waals surface area (Å²) in [5.74, 6) is -4.29. The lowest BCUT2D eigenvalue weighted by Gasteiger charge is -2.14. The molecule has 0 unspecified atom stereocenters. The Morgan fingerprint density at radius 2 is 2.03 bits per heavy atom. The smallest absolute Gasteiger partial charge is 0.422 e. The van der Waals surface area contributed by atoms with E-state index < -0.39 is 54.1 Å². The molecule has 0 spiro atoms. The van der Waals surface area contributed by atoms with Gasteiger partial charge in [-0.2, -0.15) is 22.8 Å². The highest BCUT2D eigenvalue weighted by molar-refractivity contribution is 6.33. The van der Waals surface area contributed by atoms with Crippen molar-refractivity contribution in [2.75, 3.05) is 19.0 Å². The van der Waals surface area contributed by atoms with Gasteiger partial charge in [0, 0.05) is 12.6 Å². The van der Waals surface area contributed by atoms with Crippen molar-refractivity contribution >= 4 is 23.3 Å². The minimum atomic E-state index is -4.82. The normalized spacial score (nSPS) is 11.4. The lowest BCUT2D eigenvalue weighted by atomic mass is 10.2. The first kappa shape index (κ1) is 25.9. The summed E-state index contributed by atoms with van der Waals surface area (Å²) in [4.78, 5) is 32.7. The van der Waals surface area contributed by atoms with E-state index in [0.29, 0.717) is 10.7 Å². The lowest BCUT2D eigenvalue weighted by Crippen LogP contribution is -2.27. The Kier molecular flexibility index (Phi) is 7.60. The molecule has 1 amide bonds. The van der Waals surface area contributed by atoms with Crippen molar-refractivity contribution in [1.82, 2.24) is 24.3 Å². The van der Waals surface area contributed by atoms with E-state index in [2.05, 4.69) is 25.1 Å². The standard InChI is InChI=1S/C19H17ClF4N6O5/c1-3-29-13(7-31)28-30(18(29)33)15-12(21)5-10(17(27-15)35-8-19(22,23)24)16(32)26-14-11(20)4-9(34-2)6-25-14/h4-6,31H,3,7-8H2,1-2H3,(H,25,26,32). The van der Waals surface area contributed by atoms with Crippen LogP contribution in [-0.4, -0.2) is 55.2 Å². The van der Waals surface area contributed by atoms with Crippen LogP contribution in [0.25, 0.3) is 5.82 Å². The van der Waals surface area contributed by atoms with Gasteiger partial charge in [-0.25, -0.2) is 14.2 Å². The zero-order chi connectivity index (χ0) is 25.9. The predicted octanol–water partition coefficient (Wildman–Crippen LogP) is 2.33. The molecule has 11 nitrogen and oxygen atoms in total. The van der Waals surface area contributed by atoms with E-state index in [9.17, 15) is 32.3 Å². The number of nitrogens with one attached hydrogen (secondary N) is 1. The van der Waals surface area contributed by atoms with Crippen LogP contribution < -0.4 is 20.5 Å². The quantitative estimate of drug-likeness (QED) is 0.432. The minimum absolute atomic E-state index is 0.0594. The van der Waals surface area contributed by atoms with Gasteiger partial charge >= 0.3 is 11.9 Å². The molecule has 3 aromatic rings. The van der Waals surface area contributed by atoms with Crippen LogP contribution in [0.5, 0.6) is 11.6 Å². The Labute approximate surface area is 198 Å². The average Bonchev–Trinajstić information content (AvgIpc) is 3.13. The van der Waals surface area contributed by atoms with Crippen LogP contribution in [-0.2, 0) is 13.2 Å². The Morgan fingerprint density at radius 1 is 1.31 bits per heavy atom. The van der Waals surface area contributed by atoms with E-state index in [4.69, 9.17) is 16.3 Å². The summed E-state index contributed by atoms with van der Waals surface area (Å²) in [6.07, 6.45) is -3.62. The van der Waals surface area contributed by atoms with Gasteiger partial charge in [0.2, 0.25) is 5.88 Å². The number of nitrogens with zero attached hydrogens (tertiary/aromatic N) is 5. The number of pyridine rings is 2. The van der Waals surface area contributed by atoms with Crippen molar-refractivity contribution in [3.63, 3.8) is 0 Å². The molecular weight excluding hydrogens is 504 g/mol. The van der Waals surface area contributed by atoms with Gasteiger partial charge in [0.15, 0.2) is 29.9 Å². The van der Waals surface area contributed by atoms with E-state index in [1.54, 1.807) is 6.92 Å². The fourth-order valence-electron chi connectivity index (χ4n) is 2.84. The first-order valence-electron chi connectivity index (χ1n) is 9.70. The molecule has 0 aliphatic carbocycles. The SMILES string of the molecule is CCn1c(CO)nn(-c2nc(OCC(F)(F)F)c(C(=O)Nc3ncc(OC)cc3Cl)cc2F)c1=O. The van der Waals surface area contributed by atoms with Crippen LogP contribution in [0.2, 0.25) is 5.02 Å². The van der Waals surface area contributed by atoms with Crippen molar-refractivity contribution in [2.45, 2.75) is 26.3 Å². The van der Waals surface area contributed by atoms with Crippen LogP contribution in [0, 0.1) is 5.82 Å². The Morgan fingerprint density at radius 3 is 2.57 bits per heavy atom. The van der Waals surface area contributed by atoms with Crippen molar-refractivity contribution in [1.29, 1.82) is 0 Å². The molecule has 0 aromatic carbocycles. The zero-order valence-corrected chi connectivity index (χ0v) is 18.8. The Bertz CT molecular complexity index is 1310. The van der Waals surface area contributed by atoms with Gasteiger partial charge in [0.05, 0.1) is 18.3 Å². The minimum Gasteiger partial charge on any atom is -0.495 e. The maximum atomic E-state index is 14.9. The number of halogens is 5. The molecule has 0 saturated carbocycles. The molecule has 188 valence electrons. The number of methoxy groups -OCH3 is 1. The lowest BCUT2D eigenvalue weighted by molar-refractivity contribution is -0.154. The summed E-state index contributed by atoms with van der Waals surface area (Å²) >= 11 is 6.00. The second kappa shape index (κ2) is 10.3. The number of aliphatic hydroxyl groups is 1. The highest BCUT2D eigenvalue weighted by atomic mass is 35.5. The number of aromatic nitrogens is 5. The monoisotopic (exact) mass is 520 g/mol.